The van der Waals surface area contributed by atoms with Gasteiger partial charge in [-0.25, -0.2) is 4.98 Å². The predicted molar refractivity (Wildman–Crippen MR) is 177 cm³/mol. The number of hydrogen-bond acceptors (Lipinski definition) is 11. The number of carbonyl (C=O) groups is 2. The zero-order valence-corrected chi connectivity index (χ0v) is 27.5. The maximum atomic E-state index is 12.3. The average Bonchev–Trinajstić information content (AvgIpc) is 3.01. The lowest BCUT2D eigenvalue weighted by Gasteiger charge is -2.35. The number of aromatic nitrogens is 2. The van der Waals surface area contributed by atoms with Crippen LogP contribution in [0.4, 0.5) is 23.0 Å². The first-order valence-electron chi connectivity index (χ1n) is 14.6. The van der Waals surface area contributed by atoms with Gasteiger partial charge in [0.2, 0.25) is 17.7 Å². The number of piperazine rings is 1. The first kappa shape index (κ1) is 33.7. The van der Waals surface area contributed by atoms with E-state index >= 15 is 0 Å². The van der Waals surface area contributed by atoms with Crippen LogP contribution in [0, 0.1) is 0 Å². The van der Waals surface area contributed by atoms with Crippen molar-refractivity contribution in [2.75, 3.05) is 62.0 Å². The van der Waals surface area contributed by atoms with Gasteiger partial charge in [-0.1, -0.05) is 24.2 Å². The SMILES string of the molecule is C=CC(=O)Nc1cccc(Oc2nc(Nc3ccc(N4CCN(CC(=O)OCCC[Si](C)(C)O)CC4)cc3OC)ncc2Cl)c1. The molecule has 2 heterocycles. The fourth-order valence-corrected chi connectivity index (χ4v) is 5.75. The summed E-state index contributed by atoms with van der Waals surface area (Å²) in [6, 6.07) is 13.3. The number of anilines is 4. The summed E-state index contributed by atoms with van der Waals surface area (Å²) in [6.07, 6.45) is 3.30. The van der Waals surface area contributed by atoms with Gasteiger partial charge in [-0.2, -0.15) is 4.98 Å². The monoisotopic (exact) mass is 654 g/mol. The smallest absolute Gasteiger partial charge is 0.320 e. The third kappa shape index (κ3) is 10.5. The minimum atomic E-state index is -2.11. The number of methoxy groups -OCH3 is 1. The Labute approximate surface area is 269 Å². The standard InChI is InChI=1S/C31H39ClN6O6Si/c1-5-28(39)34-22-8-6-9-24(18-22)44-30-25(32)20-33-31(36-30)35-26-11-10-23(19-27(26)42-2)38-14-12-37(13-15-38)21-29(40)43-16-7-17-45(3,4)41/h5-6,8-11,18-20,41H,1,7,12-17,21H2,2-4H3,(H,34,39)(H,33,35,36). The molecule has 14 heteroatoms. The minimum Gasteiger partial charge on any atom is -0.494 e. The number of halogens is 1. The Bertz CT molecular complexity index is 1500. The molecule has 0 aliphatic carbocycles. The molecule has 0 radical (unpaired) electrons. The summed E-state index contributed by atoms with van der Waals surface area (Å²) in [5, 5.41) is 6.06. The third-order valence-electron chi connectivity index (χ3n) is 6.93. The van der Waals surface area contributed by atoms with Gasteiger partial charge in [0.1, 0.15) is 16.5 Å². The van der Waals surface area contributed by atoms with Crippen LogP contribution in [0.3, 0.4) is 0 Å². The fraction of sp³-hybridized carbons (Fsp3) is 0.355. The molecule has 1 aromatic heterocycles. The number of rotatable bonds is 14. The van der Waals surface area contributed by atoms with Crippen LogP contribution in [0.15, 0.2) is 61.3 Å². The van der Waals surface area contributed by atoms with Crippen LogP contribution in [0.2, 0.25) is 24.2 Å². The van der Waals surface area contributed by atoms with E-state index in [0.29, 0.717) is 41.9 Å². The second kappa shape index (κ2) is 15.7. The van der Waals surface area contributed by atoms with E-state index in [9.17, 15) is 14.4 Å². The van der Waals surface area contributed by atoms with Crippen LogP contribution in [0.1, 0.15) is 6.42 Å². The molecule has 2 aromatic carbocycles. The van der Waals surface area contributed by atoms with Gasteiger partial charge in [0.05, 0.1) is 32.1 Å². The molecule has 0 spiro atoms. The Balaban J connectivity index is 1.33. The Morgan fingerprint density at radius 2 is 1.93 bits per heavy atom. The molecule has 1 fully saturated rings. The molecular weight excluding hydrogens is 616 g/mol. The van der Waals surface area contributed by atoms with Gasteiger partial charge in [0.25, 0.3) is 0 Å². The van der Waals surface area contributed by atoms with Crippen molar-refractivity contribution in [2.24, 2.45) is 0 Å². The third-order valence-corrected chi connectivity index (χ3v) is 8.77. The maximum absolute atomic E-state index is 12.3. The van der Waals surface area contributed by atoms with Gasteiger partial charge >= 0.3 is 5.97 Å². The molecule has 1 aliphatic rings. The first-order chi connectivity index (χ1) is 21.5. The molecule has 45 heavy (non-hydrogen) atoms. The van der Waals surface area contributed by atoms with E-state index in [1.165, 1.54) is 12.3 Å². The minimum absolute atomic E-state index is 0.134. The van der Waals surface area contributed by atoms with Crippen LogP contribution in [0.25, 0.3) is 0 Å². The summed E-state index contributed by atoms with van der Waals surface area (Å²) in [7, 11) is -0.524. The van der Waals surface area contributed by atoms with Crippen LogP contribution >= 0.6 is 11.6 Å². The lowest BCUT2D eigenvalue weighted by Crippen LogP contribution is -2.48. The van der Waals surface area contributed by atoms with Crippen LogP contribution in [-0.2, 0) is 14.3 Å². The highest BCUT2D eigenvalue weighted by atomic mass is 35.5. The molecule has 1 amide bonds. The fourth-order valence-electron chi connectivity index (χ4n) is 4.61. The van der Waals surface area contributed by atoms with Crippen LogP contribution in [0.5, 0.6) is 17.4 Å². The average molecular weight is 655 g/mol. The summed E-state index contributed by atoms with van der Waals surface area (Å²) in [6.45, 7) is 10.7. The number of amides is 1. The highest BCUT2D eigenvalue weighted by Crippen LogP contribution is 2.34. The Morgan fingerprint density at radius 3 is 2.64 bits per heavy atom. The molecule has 3 N–H and O–H groups in total. The number of hydrogen-bond donors (Lipinski definition) is 3. The topological polar surface area (TPSA) is 138 Å². The van der Waals surface area contributed by atoms with Gasteiger partial charge < -0.3 is 34.5 Å². The van der Waals surface area contributed by atoms with Crippen molar-refractivity contribution in [1.82, 2.24) is 14.9 Å². The zero-order chi connectivity index (χ0) is 32.4. The number of esters is 1. The lowest BCUT2D eigenvalue weighted by molar-refractivity contribution is -0.145. The number of ether oxygens (including phenoxy) is 3. The van der Waals surface area contributed by atoms with E-state index < -0.39 is 8.32 Å². The quantitative estimate of drug-likeness (QED) is 0.0931. The second-order valence-electron chi connectivity index (χ2n) is 11.1. The van der Waals surface area contributed by atoms with Gasteiger partial charge in [-0.3, -0.25) is 14.5 Å². The molecule has 240 valence electrons. The number of benzene rings is 2. The van der Waals surface area contributed by atoms with Gasteiger partial charge in [0, 0.05) is 49.7 Å². The molecule has 4 rings (SSSR count). The summed E-state index contributed by atoms with van der Waals surface area (Å²) in [5.41, 5.74) is 2.17. The Hall–Kier alpha value is -4.17. The number of carbonyl (C=O) groups excluding carboxylic acids is 2. The molecule has 1 aliphatic heterocycles. The van der Waals surface area contributed by atoms with Gasteiger partial charge in [0.15, 0.2) is 8.32 Å². The van der Waals surface area contributed by atoms with Crippen molar-refractivity contribution in [2.45, 2.75) is 25.6 Å². The molecule has 0 bridgehead atoms. The van der Waals surface area contributed by atoms with Crippen molar-refractivity contribution in [3.8, 4) is 17.4 Å². The normalized spacial score (nSPS) is 13.6. The maximum Gasteiger partial charge on any atom is 0.320 e. The van der Waals surface area contributed by atoms with E-state index in [4.69, 9.17) is 25.8 Å². The highest BCUT2D eigenvalue weighted by molar-refractivity contribution is 6.69. The van der Waals surface area contributed by atoms with Crippen LogP contribution < -0.4 is 25.0 Å². The Morgan fingerprint density at radius 1 is 1.16 bits per heavy atom. The van der Waals surface area contributed by atoms with Gasteiger partial charge in [-0.05, 0) is 55.9 Å². The van der Waals surface area contributed by atoms with E-state index in [1.54, 1.807) is 31.4 Å². The van der Waals surface area contributed by atoms with Gasteiger partial charge in [-0.15, -0.1) is 0 Å². The van der Waals surface area contributed by atoms with Crippen molar-refractivity contribution in [3.05, 3.63) is 66.3 Å². The Kier molecular flexibility index (Phi) is 11.8. The summed E-state index contributed by atoms with van der Waals surface area (Å²) < 4.78 is 16.9. The van der Waals surface area contributed by atoms with E-state index in [1.807, 2.05) is 31.3 Å². The number of nitrogens with one attached hydrogen (secondary N) is 2. The molecule has 0 saturated carbocycles. The largest absolute Gasteiger partial charge is 0.494 e. The van der Waals surface area contributed by atoms with E-state index in [-0.39, 0.29) is 35.3 Å². The lowest BCUT2D eigenvalue weighted by atomic mass is 10.2. The summed E-state index contributed by atoms with van der Waals surface area (Å²) in [5.74, 6) is 0.829. The van der Waals surface area contributed by atoms with E-state index in [0.717, 1.165) is 31.9 Å². The van der Waals surface area contributed by atoms with Crippen molar-refractivity contribution in [1.29, 1.82) is 0 Å². The molecule has 12 nitrogen and oxygen atoms in total. The van der Waals surface area contributed by atoms with Crippen molar-refractivity contribution >= 4 is 54.8 Å². The van der Waals surface area contributed by atoms with Crippen LogP contribution in [-0.4, -0.2) is 86.3 Å². The number of nitrogens with zero attached hydrogens (tertiary/aromatic N) is 4. The molecular formula is C31H39ClN6O6Si. The molecule has 3 aromatic rings. The summed E-state index contributed by atoms with van der Waals surface area (Å²) >= 11 is 6.32. The zero-order valence-electron chi connectivity index (χ0n) is 25.7. The highest BCUT2D eigenvalue weighted by Gasteiger charge is 2.22. The predicted octanol–water partition coefficient (Wildman–Crippen LogP) is 5.05. The first-order valence-corrected chi connectivity index (χ1v) is 18.1. The summed E-state index contributed by atoms with van der Waals surface area (Å²) in [4.78, 5) is 46.8. The second-order valence-corrected chi connectivity index (χ2v) is 15.6. The molecule has 1 saturated heterocycles. The molecule has 0 atom stereocenters. The van der Waals surface area contributed by atoms with E-state index in [2.05, 4.69) is 37.0 Å². The van der Waals surface area contributed by atoms with Crippen molar-refractivity contribution < 1.29 is 28.6 Å². The molecule has 0 unspecified atom stereocenters. The van der Waals surface area contributed by atoms with Crippen molar-refractivity contribution in [3.63, 3.8) is 0 Å².